The maximum atomic E-state index is 9.25. The largest absolute Gasteiger partial charge is 2.00 e. The van der Waals surface area contributed by atoms with Gasteiger partial charge >= 0.3 is 33.7 Å². The Balaban J connectivity index is 0.000000349. The number of carbonyl (C=O) groups is 2. The molecule has 0 atom stereocenters. The van der Waals surface area contributed by atoms with Gasteiger partial charge in [0.1, 0.15) is 0 Å². The summed E-state index contributed by atoms with van der Waals surface area (Å²) in [6.45, 7) is 10.9. The molecule has 6 aromatic carbocycles. The zero-order valence-electron chi connectivity index (χ0n) is 22.5. The molecule has 6 aromatic rings. The Bertz CT molecular complexity index is 1710. The van der Waals surface area contributed by atoms with E-state index in [1.807, 2.05) is 0 Å². The maximum absolute atomic E-state index is 9.25. The van der Waals surface area contributed by atoms with Gasteiger partial charge in [0.05, 0.1) is 0 Å². The van der Waals surface area contributed by atoms with Crippen molar-refractivity contribution in [2.24, 2.45) is 0 Å². The molecule has 6 heteroatoms. The second-order valence-corrected chi connectivity index (χ2v) is 14.0. The van der Waals surface area contributed by atoms with Crippen LogP contribution in [-0.2, 0) is 31.3 Å². The molecule has 0 aromatic heterocycles. The van der Waals surface area contributed by atoms with E-state index in [-0.39, 0.29) is 21.7 Å². The quantitative estimate of drug-likeness (QED) is 0.133. The van der Waals surface area contributed by atoms with Gasteiger partial charge in [0, 0.05) is 20.2 Å². The van der Waals surface area contributed by atoms with Crippen molar-refractivity contribution in [2.75, 3.05) is 0 Å². The topological polar surface area (TPSA) is 74.6 Å². The molecule has 198 valence electrons. The van der Waals surface area contributed by atoms with Gasteiger partial charge in [-0.25, -0.2) is 9.59 Å². The van der Waals surface area contributed by atoms with Crippen molar-refractivity contribution >= 4 is 73.5 Å². The predicted molar refractivity (Wildman–Crippen MR) is 167 cm³/mol. The van der Waals surface area contributed by atoms with Gasteiger partial charge in [-0.3, -0.25) is 0 Å². The van der Waals surface area contributed by atoms with Crippen molar-refractivity contribution in [1.82, 2.24) is 0 Å². The van der Waals surface area contributed by atoms with Crippen LogP contribution in [0, 0.1) is 0 Å². The number of hydrogen-bond acceptors (Lipinski definition) is 2. The summed E-state index contributed by atoms with van der Waals surface area (Å²) in [5.74, 6) is -1.96. The number of hydrogen-bond donors (Lipinski definition) is 2. The summed E-state index contributed by atoms with van der Waals surface area (Å²) in [5, 5.41) is 29.3. The average molecular weight is 579 g/mol. The molecule has 0 saturated carbocycles. The number of aliphatic carboxylic acids is 2. The molecule has 6 rings (SSSR count). The van der Waals surface area contributed by atoms with Crippen molar-refractivity contribution in [3.05, 3.63) is 122 Å². The molecule has 40 heavy (non-hydrogen) atoms. The zero-order valence-corrected chi connectivity index (χ0v) is 25.1. The summed E-state index contributed by atoms with van der Waals surface area (Å²) in [7, 11) is -1.91. The van der Waals surface area contributed by atoms with Crippen LogP contribution in [0.1, 0.15) is 0 Å². The third kappa shape index (κ3) is 6.07. The zero-order chi connectivity index (χ0) is 28.2. The van der Waals surface area contributed by atoms with Crippen LogP contribution in [-0.4, -0.2) is 30.2 Å². The van der Waals surface area contributed by atoms with Gasteiger partial charge in [0.15, 0.2) is 0 Å². The van der Waals surface area contributed by atoms with Gasteiger partial charge in [-0.15, -0.1) is 77.7 Å². The van der Waals surface area contributed by atoms with Crippen molar-refractivity contribution in [2.45, 2.75) is 13.1 Å². The van der Waals surface area contributed by atoms with Crippen molar-refractivity contribution in [3.8, 4) is 0 Å². The molecule has 0 aliphatic heterocycles. The first-order chi connectivity index (χ1) is 18.7. The molecule has 4 nitrogen and oxygen atoms in total. The van der Waals surface area contributed by atoms with E-state index in [1.54, 1.807) is 0 Å². The van der Waals surface area contributed by atoms with Gasteiger partial charge in [-0.1, -0.05) is 99.0 Å². The Labute approximate surface area is 249 Å². The first-order valence-corrected chi connectivity index (χ1v) is 15.5. The molecule has 0 aliphatic rings. The van der Waals surface area contributed by atoms with Crippen LogP contribution in [0.2, 0.25) is 13.1 Å². The molecular weight excluding hydrogens is 548 g/mol. The minimum absolute atomic E-state index is 0. The fraction of sp³-hybridized carbons (Fsp3) is 0.0588. The van der Waals surface area contributed by atoms with Crippen LogP contribution in [0.15, 0.2) is 122 Å². The molecule has 0 unspecified atom stereocenters. The number of fused-ring (bicyclic) bond motifs is 6. The molecule has 0 fully saturated rings. The molecule has 0 radical (unpaired) electrons. The maximum Gasteiger partial charge on any atom is 2.00 e. The summed E-state index contributed by atoms with van der Waals surface area (Å²) in [6.07, 6.45) is 1.67. The molecule has 0 bridgehead atoms. The molecule has 0 aliphatic carbocycles. The Kier molecular flexibility index (Phi) is 9.83. The first kappa shape index (κ1) is 30.5. The molecular formula is C34H30O4SiTi. The molecule has 0 amide bonds. The summed E-state index contributed by atoms with van der Waals surface area (Å²) < 4.78 is 0. The van der Waals surface area contributed by atoms with E-state index >= 15 is 0 Å². The summed E-state index contributed by atoms with van der Waals surface area (Å²) in [4.78, 5) is 18.5. The second-order valence-electron chi connectivity index (χ2n) is 9.71. The Hall–Kier alpha value is -4.03. The predicted octanol–water partition coefficient (Wildman–Crippen LogP) is 7.07. The van der Waals surface area contributed by atoms with E-state index in [0.717, 1.165) is 12.2 Å². The SMILES string of the molecule is C=CC(=O)O.C=CC(=O)O.C[Si](C)(c1cccc2c1[cH-]c1ccccc12)c1cccc2c1[cH-]c1ccccc12.[Ti+2]. The fourth-order valence-corrected chi connectivity index (χ4v) is 8.27. The number of carboxylic acid groups (broad SMARTS) is 2. The summed E-state index contributed by atoms with van der Waals surface area (Å²) >= 11 is 0. The third-order valence-electron chi connectivity index (χ3n) is 7.01. The van der Waals surface area contributed by atoms with E-state index in [9.17, 15) is 9.59 Å². The number of carboxylic acids is 2. The van der Waals surface area contributed by atoms with Crippen LogP contribution in [0.4, 0.5) is 0 Å². The van der Waals surface area contributed by atoms with E-state index in [0.29, 0.717) is 0 Å². The monoisotopic (exact) mass is 578 g/mol. The molecule has 0 spiro atoms. The average Bonchev–Trinajstić information content (AvgIpc) is 3.52. The standard InChI is InChI=1S/C28H22Si.2C3H4O2.Ti/c1-29(2,27-15-7-13-23-21-11-5-3-9-19(21)17-25(23)27)28-16-8-14-24-22-12-6-4-10-20(22)18-26(24)28;2*1-2-3(4)5;/h3-18H,1-2H3;2*2H,1H2,(H,4,5);/q-2;;;+2. The van der Waals surface area contributed by atoms with Gasteiger partial charge in [0.2, 0.25) is 0 Å². The van der Waals surface area contributed by atoms with E-state index in [2.05, 4.69) is 123 Å². The Morgan fingerprint density at radius 2 is 0.950 bits per heavy atom. The fourth-order valence-electron chi connectivity index (χ4n) is 5.19. The van der Waals surface area contributed by atoms with Crippen LogP contribution in [0.25, 0.3) is 43.1 Å². The molecule has 2 N–H and O–H groups in total. The summed E-state index contributed by atoms with van der Waals surface area (Å²) in [6, 6.07) is 36.1. The van der Waals surface area contributed by atoms with Crippen molar-refractivity contribution < 1.29 is 41.5 Å². The van der Waals surface area contributed by atoms with Crippen molar-refractivity contribution in [1.29, 1.82) is 0 Å². The molecule has 0 heterocycles. The normalized spacial score (nSPS) is 10.7. The van der Waals surface area contributed by atoms with Crippen LogP contribution >= 0.6 is 0 Å². The minimum atomic E-state index is -1.91. The third-order valence-corrected chi connectivity index (χ3v) is 10.6. The van der Waals surface area contributed by atoms with E-state index < -0.39 is 20.0 Å². The second kappa shape index (κ2) is 12.9. The first-order valence-electron chi connectivity index (χ1n) is 12.5. The Morgan fingerprint density at radius 1 is 0.625 bits per heavy atom. The number of benzene rings is 4. The van der Waals surface area contributed by atoms with Crippen LogP contribution < -0.4 is 10.4 Å². The smallest absolute Gasteiger partial charge is 0.478 e. The van der Waals surface area contributed by atoms with E-state index in [4.69, 9.17) is 10.2 Å². The van der Waals surface area contributed by atoms with Crippen molar-refractivity contribution in [3.63, 3.8) is 0 Å². The molecule has 0 saturated heterocycles. The Morgan fingerprint density at radius 3 is 1.30 bits per heavy atom. The van der Waals surface area contributed by atoms with Crippen LogP contribution in [0.3, 0.4) is 0 Å². The van der Waals surface area contributed by atoms with Gasteiger partial charge < -0.3 is 10.2 Å². The van der Waals surface area contributed by atoms with Gasteiger partial charge in [-0.2, -0.15) is 0 Å². The van der Waals surface area contributed by atoms with Crippen LogP contribution in [0.5, 0.6) is 0 Å². The minimum Gasteiger partial charge on any atom is -0.478 e. The van der Waals surface area contributed by atoms with E-state index in [1.165, 1.54) is 53.5 Å². The van der Waals surface area contributed by atoms with Gasteiger partial charge in [0.25, 0.3) is 0 Å². The summed E-state index contributed by atoms with van der Waals surface area (Å²) in [5.41, 5.74) is 0. The van der Waals surface area contributed by atoms with Gasteiger partial charge in [-0.05, 0) is 0 Å². The number of rotatable bonds is 4.